The molecule has 0 aliphatic heterocycles. The first kappa shape index (κ1) is 9.45. The molecule has 0 amide bonds. The number of hydrogen-bond acceptors (Lipinski definition) is 1. The van der Waals surface area contributed by atoms with E-state index in [1.807, 2.05) is 18.2 Å². The predicted molar refractivity (Wildman–Crippen MR) is 57.5 cm³/mol. The van der Waals surface area contributed by atoms with Crippen LogP contribution in [0, 0.1) is 5.41 Å². The molecule has 2 rings (SSSR count). The van der Waals surface area contributed by atoms with Gasteiger partial charge in [-0.25, -0.2) is 0 Å². The summed E-state index contributed by atoms with van der Waals surface area (Å²) in [6.07, 6.45) is 2.99. The number of Topliss-reactive ketones (excluding diaryl/α,β-unsaturated/α-hetero) is 1. The van der Waals surface area contributed by atoms with Crippen LogP contribution in [0.4, 0.5) is 0 Å². The quantitative estimate of drug-likeness (QED) is 0.661. The maximum atomic E-state index is 12.2. The van der Waals surface area contributed by atoms with Crippen molar-refractivity contribution in [3.05, 3.63) is 35.4 Å². The summed E-state index contributed by atoms with van der Waals surface area (Å²) < 4.78 is 0. The van der Waals surface area contributed by atoms with Gasteiger partial charge in [0.15, 0.2) is 5.78 Å². The maximum absolute atomic E-state index is 12.2. The minimum atomic E-state index is -0.117. The Kier molecular flexibility index (Phi) is 2.18. The van der Waals surface area contributed by atoms with Crippen molar-refractivity contribution < 1.29 is 4.79 Å². The average molecular weight is 188 g/mol. The van der Waals surface area contributed by atoms with E-state index in [9.17, 15) is 4.79 Å². The van der Waals surface area contributed by atoms with Gasteiger partial charge in [-0.15, -0.1) is 0 Å². The summed E-state index contributed by atoms with van der Waals surface area (Å²) in [6.45, 7) is 4.19. The Labute approximate surface area is 85.1 Å². The lowest BCUT2D eigenvalue weighted by Gasteiger charge is -2.32. The van der Waals surface area contributed by atoms with Crippen molar-refractivity contribution in [1.29, 1.82) is 0 Å². The van der Waals surface area contributed by atoms with Crippen LogP contribution >= 0.6 is 0 Å². The van der Waals surface area contributed by atoms with E-state index < -0.39 is 0 Å². The van der Waals surface area contributed by atoms with Gasteiger partial charge in [0, 0.05) is 11.0 Å². The van der Waals surface area contributed by atoms with Gasteiger partial charge >= 0.3 is 0 Å². The fraction of sp³-hybridized carbons (Fsp3) is 0.462. The van der Waals surface area contributed by atoms with E-state index in [1.165, 1.54) is 5.56 Å². The minimum Gasteiger partial charge on any atom is -0.294 e. The molecule has 74 valence electrons. The molecule has 0 unspecified atom stereocenters. The van der Waals surface area contributed by atoms with Crippen molar-refractivity contribution in [2.75, 3.05) is 0 Å². The second-order valence-electron chi connectivity index (χ2n) is 4.40. The lowest BCUT2D eigenvalue weighted by Crippen LogP contribution is -2.32. The number of benzene rings is 1. The van der Waals surface area contributed by atoms with Gasteiger partial charge in [0.1, 0.15) is 0 Å². The van der Waals surface area contributed by atoms with Gasteiger partial charge in [-0.3, -0.25) is 4.79 Å². The Morgan fingerprint density at radius 3 is 2.79 bits per heavy atom. The molecule has 0 aromatic heterocycles. The number of ketones is 1. The highest BCUT2D eigenvalue weighted by molar-refractivity contribution is 6.02. The summed E-state index contributed by atoms with van der Waals surface area (Å²) in [5.74, 6) is 0.335. The number of carbonyl (C=O) groups excluding carboxylic acids is 1. The van der Waals surface area contributed by atoms with Crippen molar-refractivity contribution >= 4 is 5.78 Å². The molecule has 0 saturated carbocycles. The van der Waals surface area contributed by atoms with Gasteiger partial charge < -0.3 is 0 Å². The lowest BCUT2D eigenvalue weighted by atomic mass is 9.70. The maximum Gasteiger partial charge on any atom is 0.168 e. The normalized spacial score (nSPS) is 26.0. The number of fused-ring (bicyclic) bond motifs is 1. The highest BCUT2D eigenvalue weighted by atomic mass is 16.1. The molecule has 0 saturated heterocycles. The number of aryl methyl sites for hydroxylation is 1. The molecular formula is C13H16O. The summed E-state index contributed by atoms with van der Waals surface area (Å²) in [6, 6.07) is 8.01. The molecule has 0 heterocycles. The highest BCUT2D eigenvalue weighted by Gasteiger charge is 2.36. The van der Waals surface area contributed by atoms with Crippen LogP contribution < -0.4 is 0 Å². The zero-order chi connectivity index (χ0) is 10.2. The number of carbonyl (C=O) groups is 1. The predicted octanol–water partition coefficient (Wildman–Crippen LogP) is 3.23. The van der Waals surface area contributed by atoms with E-state index in [0.717, 1.165) is 24.8 Å². The molecule has 14 heavy (non-hydrogen) atoms. The summed E-state index contributed by atoms with van der Waals surface area (Å²) in [4.78, 5) is 12.2. The molecule has 1 atom stereocenters. The Morgan fingerprint density at radius 1 is 1.36 bits per heavy atom. The van der Waals surface area contributed by atoms with Crippen LogP contribution in [0.1, 0.15) is 42.6 Å². The fourth-order valence-corrected chi connectivity index (χ4v) is 2.15. The molecule has 1 nitrogen and oxygen atoms in total. The van der Waals surface area contributed by atoms with Crippen LogP contribution in [-0.2, 0) is 6.42 Å². The largest absolute Gasteiger partial charge is 0.294 e. The van der Waals surface area contributed by atoms with Crippen molar-refractivity contribution in [3.8, 4) is 0 Å². The van der Waals surface area contributed by atoms with E-state index in [0.29, 0.717) is 5.78 Å². The van der Waals surface area contributed by atoms with Crippen LogP contribution in [0.5, 0.6) is 0 Å². The van der Waals surface area contributed by atoms with Gasteiger partial charge in [-0.2, -0.15) is 0 Å². The van der Waals surface area contributed by atoms with Gasteiger partial charge in [-0.05, 0) is 24.8 Å². The molecule has 1 heteroatoms. The summed E-state index contributed by atoms with van der Waals surface area (Å²) in [5, 5.41) is 0. The first-order valence-electron chi connectivity index (χ1n) is 5.30. The zero-order valence-electron chi connectivity index (χ0n) is 8.84. The molecular weight excluding hydrogens is 172 g/mol. The van der Waals surface area contributed by atoms with E-state index in [1.54, 1.807) is 0 Å². The van der Waals surface area contributed by atoms with E-state index in [4.69, 9.17) is 0 Å². The summed E-state index contributed by atoms with van der Waals surface area (Å²) in [7, 11) is 0. The third-order valence-corrected chi connectivity index (χ3v) is 3.54. The molecule has 0 radical (unpaired) electrons. The van der Waals surface area contributed by atoms with Gasteiger partial charge in [0.05, 0.1) is 0 Å². The minimum absolute atomic E-state index is 0.117. The second-order valence-corrected chi connectivity index (χ2v) is 4.40. The summed E-state index contributed by atoms with van der Waals surface area (Å²) in [5.41, 5.74) is 2.06. The number of hydrogen-bond donors (Lipinski definition) is 0. The van der Waals surface area contributed by atoms with Crippen molar-refractivity contribution in [2.45, 2.75) is 33.1 Å². The van der Waals surface area contributed by atoms with Crippen molar-refractivity contribution in [2.24, 2.45) is 5.41 Å². The van der Waals surface area contributed by atoms with E-state index in [-0.39, 0.29) is 5.41 Å². The third kappa shape index (κ3) is 1.28. The van der Waals surface area contributed by atoms with E-state index >= 15 is 0 Å². The van der Waals surface area contributed by atoms with Gasteiger partial charge in [-0.1, -0.05) is 38.1 Å². The number of rotatable bonds is 1. The molecule has 0 bridgehead atoms. The lowest BCUT2D eigenvalue weighted by molar-refractivity contribution is 0.0778. The average Bonchev–Trinajstić information content (AvgIpc) is 2.24. The first-order chi connectivity index (χ1) is 6.67. The van der Waals surface area contributed by atoms with Crippen molar-refractivity contribution in [3.63, 3.8) is 0 Å². The van der Waals surface area contributed by atoms with Crippen LogP contribution in [0.3, 0.4) is 0 Å². The van der Waals surface area contributed by atoms with Crippen molar-refractivity contribution in [1.82, 2.24) is 0 Å². The standard InChI is InChI=1S/C13H16O/c1-3-13(2)9-8-10-6-4-5-7-11(10)12(13)14/h4-7H,3,8-9H2,1-2H3/t13-/m0/s1. The summed E-state index contributed by atoms with van der Waals surface area (Å²) >= 11 is 0. The molecule has 1 aliphatic carbocycles. The van der Waals surface area contributed by atoms with Crippen LogP contribution in [0.15, 0.2) is 24.3 Å². The van der Waals surface area contributed by atoms with Crippen LogP contribution in [0.25, 0.3) is 0 Å². The Hall–Kier alpha value is -1.11. The third-order valence-electron chi connectivity index (χ3n) is 3.54. The molecule has 0 fully saturated rings. The van der Waals surface area contributed by atoms with Gasteiger partial charge in [0.2, 0.25) is 0 Å². The molecule has 1 aromatic rings. The van der Waals surface area contributed by atoms with Gasteiger partial charge in [0.25, 0.3) is 0 Å². The van der Waals surface area contributed by atoms with Crippen LogP contribution in [-0.4, -0.2) is 5.78 Å². The highest BCUT2D eigenvalue weighted by Crippen LogP contribution is 2.37. The molecule has 1 aromatic carbocycles. The molecule has 0 spiro atoms. The Balaban J connectivity index is 2.46. The second kappa shape index (κ2) is 3.23. The van der Waals surface area contributed by atoms with Crippen LogP contribution in [0.2, 0.25) is 0 Å². The first-order valence-corrected chi connectivity index (χ1v) is 5.30. The SMILES string of the molecule is CC[C@@]1(C)CCc2ccccc2C1=O. The molecule has 1 aliphatic rings. The molecule has 0 N–H and O–H groups in total. The zero-order valence-corrected chi connectivity index (χ0v) is 8.84. The smallest absolute Gasteiger partial charge is 0.168 e. The Morgan fingerprint density at radius 2 is 2.07 bits per heavy atom. The fourth-order valence-electron chi connectivity index (χ4n) is 2.15. The monoisotopic (exact) mass is 188 g/mol. The topological polar surface area (TPSA) is 17.1 Å². The Bertz CT molecular complexity index is 367. The van der Waals surface area contributed by atoms with E-state index in [2.05, 4.69) is 19.9 Å².